The Morgan fingerprint density at radius 3 is 2.80 bits per heavy atom. The molecule has 3 N–H and O–H groups in total. The summed E-state index contributed by atoms with van der Waals surface area (Å²) in [6, 6.07) is 0.168. The lowest BCUT2D eigenvalue weighted by Gasteiger charge is -2.19. The van der Waals surface area contributed by atoms with E-state index >= 15 is 0 Å². The lowest BCUT2D eigenvalue weighted by molar-refractivity contribution is -0.125. The zero-order valence-corrected chi connectivity index (χ0v) is 9.30. The maximum atomic E-state index is 11.4. The third-order valence-corrected chi connectivity index (χ3v) is 2.69. The largest absolute Gasteiger partial charge is 0.352 e. The van der Waals surface area contributed by atoms with Crippen LogP contribution in [0.4, 0.5) is 0 Å². The van der Waals surface area contributed by atoms with Gasteiger partial charge in [-0.15, -0.1) is 0 Å². The molecule has 5 nitrogen and oxygen atoms in total. The van der Waals surface area contributed by atoms with Crippen molar-refractivity contribution in [2.75, 3.05) is 19.6 Å². The third-order valence-electron chi connectivity index (χ3n) is 2.69. The minimum atomic E-state index is -0.180. The van der Waals surface area contributed by atoms with Gasteiger partial charge in [0.2, 0.25) is 11.8 Å². The van der Waals surface area contributed by atoms with Gasteiger partial charge < -0.3 is 16.0 Å². The molecule has 2 unspecified atom stereocenters. The van der Waals surface area contributed by atoms with Crippen LogP contribution in [0.5, 0.6) is 0 Å². The third kappa shape index (κ3) is 4.29. The number of amides is 2. The van der Waals surface area contributed by atoms with E-state index in [0.29, 0.717) is 5.92 Å². The van der Waals surface area contributed by atoms with Crippen LogP contribution >= 0.6 is 0 Å². The summed E-state index contributed by atoms with van der Waals surface area (Å²) in [5.74, 6) is 0.205. The summed E-state index contributed by atoms with van der Waals surface area (Å²) in [5.41, 5.74) is 0. The molecule has 0 aromatic carbocycles. The average molecular weight is 213 g/mol. The smallest absolute Gasteiger partial charge is 0.239 e. The molecule has 1 aliphatic rings. The average Bonchev–Trinajstić information content (AvgIpc) is 2.67. The Bertz CT molecular complexity index is 237. The predicted octanol–water partition coefficient (Wildman–Crippen LogP) is -0.763. The fraction of sp³-hybridized carbons (Fsp3) is 0.800. The molecule has 0 saturated carbocycles. The van der Waals surface area contributed by atoms with Crippen LogP contribution in [0.15, 0.2) is 0 Å². The Kier molecular flexibility index (Phi) is 4.55. The van der Waals surface area contributed by atoms with Crippen LogP contribution in [-0.2, 0) is 9.59 Å². The molecule has 1 fully saturated rings. The number of hydrogen-bond acceptors (Lipinski definition) is 3. The Hall–Kier alpha value is -1.10. The standard InChI is InChI=1S/C10H19N3O2/c1-7(9-3-4-11-5-9)13-10(15)6-12-8(2)14/h7,9,11H,3-6H2,1-2H3,(H,12,14)(H,13,15). The number of carbonyl (C=O) groups excluding carboxylic acids is 2. The highest BCUT2D eigenvalue weighted by Gasteiger charge is 2.22. The van der Waals surface area contributed by atoms with E-state index in [2.05, 4.69) is 16.0 Å². The van der Waals surface area contributed by atoms with E-state index in [1.165, 1.54) is 6.92 Å². The van der Waals surface area contributed by atoms with Crippen molar-refractivity contribution in [3.63, 3.8) is 0 Å². The van der Waals surface area contributed by atoms with Crippen LogP contribution in [0.25, 0.3) is 0 Å². The Morgan fingerprint density at radius 2 is 2.27 bits per heavy atom. The first-order valence-corrected chi connectivity index (χ1v) is 5.34. The summed E-state index contributed by atoms with van der Waals surface area (Å²) in [4.78, 5) is 22.0. The number of rotatable bonds is 4. The molecule has 15 heavy (non-hydrogen) atoms. The first-order chi connectivity index (χ1) is 7.09. The summed E-state index contributed by atoms with van der Waals surface area (Å²) < 4.78 is 0. The van der Waals surface area contributed by atoms with Gasteiger partial charge in [0.15, 0.2) is 0 Å². The van der Waals surface area contributed by atoms with Crippen molar-refractivity contribution in [2.45, 2.75) is 26.3 Å². The highest BCUT2D eigenvalue weighted by molar-refractivity contribution is 5.83. The summed E-state index contributed by atoms with van der Waals surface area (Å²) in [6.45, 7) is 5.46. The minimum Gasteiger partial charge on any atom is -0.352 e. The Morgan fingerprint density at radius 1 is 1.53 bits per heavy atom. The SMILES string of the molecule is CC(=O)NCC(=O)NC(C)C1CCNC1. The van der Waals surface area contributed by atoms with Crippen LogP contribution in [0.1, 0.15) is 20.3 Å². The van der Waals surface area contributed by atoms with Crippen molar-refractivity contribution in [3.05, 3.63) is 0 Å². The van der Waals surface area contributed by atoms with Crippen LogP contribution in [0, 0.1) is 5.92 Å². The molecule has 5 heteroatoms. The fourth-order valence-electron chi connectivity index (χ4n) is 1.73. The van der Waals surface area contributed by atoms with Gasteiger partial charge in [-0.2, -0.15) is 0 Å². The highest BCUT2D eigenvalue weighted by atomic mass is 16.2. The monoisotopic (exact) mass is 213 g/mol. The van der Waals surface area contributed by atoms with Crippen molar-refractivity contribution in [3.8, 4) is 0 Å². The second-order valence-electron chi connectivity index (χ2n) is 4.02. The van der Waals surface area contributed by atoms with Gasteiger partial charge in [-0.25, -0.2) is 0 Å². The molecule has 1 aliphatic heterocycles. The molecular weight excluding hydrogens is 194 g/mol. The van der Waals surface area contributed by atoms with Crippen molar-refractivity contribution >= 4 is 11.8 Å². The molecule has 2 atom stereocenters. The molecular formula is C10H19N3O2. The number of nitrogens with one attached hydrogen (secondary N) is 3. The normalized spacial score (nSPS) is 22.1. The topological polar surface area (TPSA) is 70.2 Å². The summed E-state index contributed by atoms with van der Waals surface area (Å²) in [7, 11) is 0. The zero-order valence-electron chi connectivity index (χ0n) is 9.30. The molecule has 0 aromatic heterocycles. The maximum Gasteiger partial charge on any atom is 0.239 e. The molecule has 0 aromatic rings. The van der Waals surface area contributed by atoms with Gasteiger partial charge in [-0.05, 0) is 32.4 Å². The Balaban J connectivity index is 2.21. The molecule has 1 heterocycles. The second-order valence-corrected chi connectivity index (χ2v) is 4.02. The molecule has 0 bridgehead atoms. The van der Waals surface area contributed by atoms with Gasteiger partial charge in [0.05, 0.1) is 6.54 Å². The first kappa shape index (κ1) is 12.0. The van der Waals surface area contributed by atoms with Gasteiger partial charge >= 0.3 is 0 Å². The molecule has 0 spiro atoms. The van der Waals surface area contributed by atoms with Crippen molar-refractivity contribution in [2.24, 2.45) is 5.92 Å². The van der Waals surface area contributed by atoms with Gasteiger partial charge in [-0.3, -0.25) is 9.59 Å². The lowest BCUT2D eigenvalue weighted by Crippen LogP contribution is -2.43. The summed E-state index contributed by atoms with van der Waals surface area (Å²) in [5, 5.41) is 8.61. The number of carbonyl (C=O) groups is 2. The van der Waals surface area contributed by atoms with Gasteiger partial charge in [-0.1, -0.05) is 0 Å². The highest BCUT2D eigenvalue weighted by Crippen LogP contribution is 2.11. The van der Waals surface area contributed by atoms with Crippen LogP contribution < -0.4 is 16.0 Å². The van der Waals surface area contributed by atoms with E-state index < -0.39 is 0 Å². The molecule has 2 amide bonds. The van der Waals surface area contributed by atoms with Crippen molar-refractivity contribution < 1.29 is 9.59 Å². The van der Waals surface area contributed by atoms with E-state index in [4.69, 9.17) is 0 Å². The van der Waals surface area contributed by atoms with Crippen LogP contribution in [0.3, 0.4) is 0 Å². The maximum absolute atomic E-state index is 11.4. The Labute approximate surface area is 90.0 Å². The first-order valence-electron chi connectivity index (χ1n) is 5.34. The lowest BCUT2D eigenvalue weighted by atomic mass is 10.0. The predicted molar refractivity (Wildman–Crippen MR) is 57.3 cm³/mol. The van der Waals surface area contributed by atoms with Crippen molar-refractivity contribution in [1.82, 2.24) is 16.0 Å². The number of hydrogen-bond donors (Lipinski definition) is 3. The minimum absolute atomic E-state index is 0.0693. The zero-order chi connectivity index (χ0) is 11.3. The molecule has 86 valence electrons. The molecule has 1 rings (SSSR count). The van der Waals surface area contributed by atoms with Gasteiger partial charge in [0, 0.05) is 13.0 Å². The van der Waals surface area contributed by atoms with Crippen LogP contribution in [0.2, 0.25) is 0 Å². The fourth-order valence-corrected chi connectivity index (χ4v) is 1.73. The summed E-state index contributed by atoms with van der Waals surface area (Å²) in [6.07, 6.45) is 1.10. The van der Waals surface area contributed by atoms with E-state index in [1.807, 2.05) is 6.92 Å². The van der Waals surface area contributed by atoms with Crippen LogP contribution in [-0.4, -0.2) is 37.5 Å². The molecule has 0 aliphatic carbocycles. The van der Waals surface area contributed by atoms with E-state index in [0.717, 1.165) is 19.5 Å². The summed E-state index contributed by atoms with van der Waals surface area (Å²) >= 11 is 0. The molecule has 1 saturated heterocycles. The van der Waals surface area contributed by atoms with Gasteiger partial charge in [0.25, 0.3) is 0 Å². The van der Waals surface area contributed by atoms with E-state index in [1.54, 1.807) is 0 Å². The van der Waals surface area contributed by atoms with E-state index in [-0.39, 0.29) is 24.4 Å². The second kappa shape index (κ2) is 5.70. The molecule has 0 radical (unpaired) electrons. The van der Waals surface area contributed by atoms with E-state index in [9.17, 15) is 9.59 Å². The quantitative estimate of drug-likeness (QED) is 0.575. The van der Waals surface area contributed by atoms with Gasteiger partial charge in [0.1, 0.15) is 0 Å². The van der Waals surface area contributed by atoms with Crippen molar-refractivity contribution in [1.29, 1.82) is 0 Å².